The number of nitrogens with zero attached hydrogens (tertiary/aromatic N) is 1. The highest BCUT2D eigenvalue weighted by molar-refractivity contribution is 9.10. The molecule has 1 aromatic rings. The Balaban J connectivity index is 2.47. The minimum atomic E-state index is 0.457. The normalized spacial score (nSPS) is 12.9. The van der Waals surface area contributed by atoms with Crippen LogP contribution in [0.25, 0.3) is 0 Å². The van der Waals surface area contributed by atoms with Gasteiger partial charge in [0.2, 0.25) is 0 Å². The average Bonchev–Trinajstić information content (AvgIpc) is 2.39. The fourth-order valence-electron chi connectivity index (χ4n) is 2.16. The number of halogens is 1. The molecule has 0 aliphatic rings. The summed E-state index contributed by atoms with van der Waals surface area (Å²) >= 11 is 3.54. The number of hydrogen-bond donors (Lipinski definition) is 1. The highest BCUT2D eigenvalue weighted by Crippen LogP contribution is 2.20. The van der Waals surface area contributed by atoms with E-state index >= 15 is 0 Å². The fraction of sp³-hybridized carbons (Fsp3) is 0.600. The maximum atomic E-state index is 3.65. The van der Waals surface area contributed by atoms with Gasteiger partial charge in [-0.05, 0) is 37.2 Å². The first-order valence-corrected chi connectivity index (χ1v) is 7.71. The van der Waals surface area contributed by atoms with Crippen molar-refractivity contribution in [1.29, 1.82) is 0 Å². The van der Waals surface area contributed by atoms with Gasteiger partial charge in [0.05, 0.1) is 0 Å². The van der Waals surface area contributed by atoms with Crippen molar-refractivity contribution in [2.24, 2.45) is 0 Å². The maximum Gasteiger partial charge on any atom is 0.0318 e. The Morgan fingerprint density at radius 1 is 1.22 bits per heavy atom. The molecule has 1 aromatic carbocycles. The lowest BCUT2D eigenvalue weighted by molar-refractivity contribution is 0.295. The lowest BCUT2D eigenvalue weighted by atomic mass is 10.0. The van der Waals surface area contributed by atoms with Gasteiger partial charge in [-0.2, -0.15) is 0 Å². The summed E-state index contributed by atoms with van der Waals surface area (Å²) in [7, 11) is 0. The summed E-state index contributed by atoms with van der Waals surface area (Å²) in [5.41, 5.74) is 1.37. The van der Waals surface area contributed by atoms with Crippen LogP contribution >= 0.6 is 15.9 Å². The SMILES string of the molecule is CCC(NCCN(CC)CC)c1cccc(Br)c1. The van der Waals surface area contributed by atoms with Gasteiger partial charge in [0.1, 0.15) is 0 Å². The van der Waals surface area contributed by atoms with Crippen molar-refractivity contribution in [3.63, 3.8) is 0 Å². The van der Waals surface area contributed by atoms with Crippen molar-refractivity contribution < 1.29 is 0 Å². The van der Waals surface area contributed by atoms with E-state index in [0.717, 1.165) is 37.1 Å². The molecule has 1 rings (SSSR count). The van der Waals surface area contributed by atoms with E-state index in [-0.39, 0.29) is 0 Å². The third-order valence-electron chi connectivity index (χ3n) is 3.37. The van der Waals surface area contributed by atoms with Crippen LogP contribution in [0.1, 0.15) is 38.8 Å². The molecule has 0 saturated heterocycles. The Morgan fingerprint density at radius 2 is 1.94 bits per heavy atom. The van der Waals surface area contributed by atoms with Gasteiger partial charge in [-0.3, -0.25) is 0 Å². The molecule has 0 bridgehead atoms. The number of hydrogen-bond acceptors (Lipinski definition) is 2. The van der Waals surface area contributed by atoms with E-state index in [0.29, 0.717) is 6.04 Å². The second-order valence-electron chi connectivity index (χ2n) is 4.50. The van der Waals surface area contributed by atoms with Gasteiger partial charge < -0.3 is 10.2 Å². The van der Waals surface area contributed by atoms with Gasteiger partial charge >= 0.3 is 0 Å². The Hall–Kier alpha value is -0.380. The van der Waals surface area contributed by atoms with Crippen LogP contribution in [0.4, 0.5) is 0 Å². The van der Waals surface area contributed by atoms with Crippen LogP contribution in [0.2, 0.25) is 0 Å². The first-order valence-electron chi connectivity index (χ1n) is 6.92. The first kappa shape index (κ1) is 15.7. The molecule has 0 amide bonds. The Kier molecular flexibility index (Phi) is 7.56. The molecule has 102 valence electrons. The Morgan fingerprint density at radius 3 is 2.50 bits per heavy atom. The first-order chi connectivity index (χ1) is 8.71. The zero-order chi connectivity index (χ0) is 13.4. The van der Waals surface area contributed by atoms with Crippen molar-refractivity contribution in [3.05, 3.63) is 34.3 Å². The molecule has 1 N–H and O–H groups in total. The monoisotopic (exact) mass is 312 g/mol. The van der Waals surface area contributed by atoms with Crippen LogP contribution in [0.3, 0.4) is 0 Å². The van der Waals surface area contributed by atoms with Crippen LogP contribution in [0, 0.1) is 0 Å². The van der Waals surface area contributed by atoms with Crippen LogP contribution in [-0.4, -0.2) is 31.1 Å². The van der Waals surface area contributed by atoms with Crippen LogP contribution in [0.15, 0.2) is 28.7 Å². The standard InChI is InChI=1S/C15H25BrN2/c1-4-15(13-8-7-9-14(16)12-13)17-10-11-18(5-2)6-3/h7-9,12,15,17H,4-6,10-11H2,1-3H3. The van der Waals surface area contributed by atoms with E-state index in [2.05, 4.69) is 71.2 Å². The van der Waals surface area contributed by atoms with Gasteiger partial charge in [-0.1, -0.05) is 48.8 Å². The van der Waals surface area contributed by atoms with Crippen molar-refractivity contribution in [2.75, 3.05) is 26.2 Å². The number of likely N-dealkylation sites (N-methyl/N-ethyl adjacent to an activating group) is 1. The molecule has 0 aromatic heterocycles. The predicted octanol–water partition coefficient (Wildman–Crippen LogP) is 3.83. The summed E-state index contributed by atoms with van der Waals surface area (Å²) in [5.74, 6) is 0. The van der Waals surface area contributed by atoms with Gasteiger partial charge in [0.25, 0.3) is 0 Å². The molecule has 18 heavy (non-hydrogen) atoms. The molecule has 0 aliphatic carbocycles. The number of benzene rings is 1. The lowest BCUT2D eigenvalue weighted by Gasteiger charge is -2.22. The maximum absolute atomic E-state index is 3.65. The molecule has 0 spiro atoms. The summed E-state index contributed by atoms with van der Waals surface area (Å²) in [6.45, 7) is 11.1. The average molecular weight is 313 g/mol. The van der Waals surface area contributed by atoms with Crippen molar-refractivity contribution in [1.82, 2.24) is 10.2 Å². The zero-order valence-corrected chi connectivity index (χ0v) is 13.3. The molecule has 3 heteroatoms. The summed E-state index contributed by atoms with van der Waals surface area (Å²) < 4.78 is 1.16. The molecule has 0 radical (unpaired) electrons. The summed E-state index contributed by atoms with van der Waals surface area (Å²) in [4.78, 5) is 2.45. The number of rotatable bonds is 8. The smallest absolute Gasteiger partial charge is 0.0318 e. The van der Waals surface area contributed by atoms with E-state index in [9.17, 15) is 0 Å². The van der Waals surface area contributed by atoms with E-state index in [1.54, 1.807) is 0 Å². The van der Waals surface area contributed by atoms with E-state index in [1.807, 2.05) is 0 Å². The Labute approximate surface area is 120 Å². The van der Waals surface area contributed by atoms with E-state index in [4.69, 9.17) is 0 Å². The largest absolute Gasteiger partial charge is 0.309 e. The summed E-state index contributed by atoms with van der Waals surface area (Å²) in [6, 6.07) is 9.04. The van der Waals surface area contributed by atoms with Crippen LogP contribution in [0.5, 0.6) is 0 Å². The van der Waals surface area contributed by atoms with Crippen molar-refractivity contribution >= 4 is 15.9 Å². The lowest BCUT2D eigenvalue weighted by Crippen LogP contribution is -2.33. The molecule has 2 nitrogen and oxygen atoms in total. The van der Waals surface area contributed by atoms with Gasteiger partial charge in [0.15, 0.2) is 0 Å². The molecular weight excluding hydrogens is 288 g/mol. The molecule has 0 heterocycles. The van der Waals surface area contributed by atoms with E-state index < -0.39 is 0 Å². The minimum Gasteiger partial charge on any atom is -0.309 e. The third-order valence-corrected chi connectivity index (χ3v) is 3.87. The molecule has 0 fully saturated rings. The quantitative estimate of drug-likeness (QED) is 0.784. The minimum absolute atomic E-state index is 0.457. The van der Waals surface area contributed by atoms with Gasteiger partial charge in [0, 0.05) is 23.6 Å². The van der Waals surface area contributed by atoms with Gasteiger partial charge in [-0.25, -0.2) is 0 Å². The van der Waals surface area contributed by atoms with Crippen LogP contribution < -0.4 is 5.32 Å². The topological polar surface area (TPSA) is 15.3 Å². The zero-order valence-electron chi connectivity index (χ0n) is 11.7. The fourth-order valence-corrected chi connectivity index (χ4v) is 2.57. The highest BCUT2D eigenvalue weighted by atomic mass is 79.9. The molecule has 1 atom stereocenters. The van der Waals surface area contributed by atoms with Gasteiger partial charge in [-0.15, -0.1) is 0 Å². The third kappa shape index (κ3) is 5.09. The predicted molar refractivity (Wildman–Crippen MR) is 83.0 cm³/mol. The molecular formula is C15H25BrN2. The summed E-state index contributed by atoms with van der Waals surface area (Å²) in [5, 5.41) is 3.65. The van der Waals surface area contributed by atoms with Crippen molar-refractivity contribution in [2.45, 2.75) is 33.2 Å². The van der Waals surface area contributed by atoms with E-state index in [1.165, 1.54) is 5.56 Å². The molecule has 1 unspecified atom stereocenters. The Bertz CT molecular complexity index is 337. The number of nitrogens with one attached hydrogen (secondary N) is 1. The summed E-state index contributed by atoms with van der Waals surface area (Å²) in [6.07, 6.45) is 1.12. The van der Waals surface area contributed by atoms with Crippen molar-refractivity contribution in [3.8, 4) is 0 Å². The highest BCUT2D eigenvalue weighted by Gasteiger charge is 2.09. The molecule has 0 aliphatic heterocycles. The second-order valence-corrected chi connectivity index (χ2v) is 5.41. The van der Waals surface area contributed by atoms with Crippen LogP contribution in [-0.2, 0) is 0 Å². The second kappa shape index (κ2) is 8.68. The molecule has 0 saturated carbocycles.